The molecular formula is C41H26Cu2N10Na4O16S4. The number of nitrogens with one attached hydrogen (secondary N) is 5. The van der Waals surface area contributed by atoms with Gasteiger partial charge in [0.25, 0.3) is 0 Å². The summed E-state index contributed by atoms with van der Waals surface area (Å²) in [6.45, 7) is 0. The van der Waals surface area contributed by atoms with Gasteiger partial charge in [-0.1, -0.05) is 18.2 Å². The quantitative estimate of drug-likeness (QED) is 0.0230. The van der Waals surface area contributed by atoms with Crippen molar-refractivity contribution in [3.8, 4) is 11.5 Å². The first kappa shape index (κ1) is 69.7. The molecule has 0 atom stereocenters. The fourth-order valence-corrected chi connectivity index (χ4v) is 8.92. The summed E-state index contributed by atoms with van der Waals surface area (Å²) in [6, 6.07) is 20.8. The number of carbonyl (C=O) groups is 2. The first-order valence-electron chi connectivity index (χ1n) is 19.4. The molecule has 36 heteroatoms. The van der Waals surface area contributed by atoms with Gasteiger partial charge in [0.2, 0.25) is 29.4 Å². The minimum atomic E-state index is -5.45. The van der Waals surface area contributed by atoms with Gasteiger partial charge >= 0.3 is 118 Å². The minimum Gasteiger partial charge on any atom is -0.744 e. The Morgan fingerprint density at radius 3 is 1.13 bits per heavy atom. The van der Waals surface area contributed by atoms with Crippen LogP contribution in [0.1, 0.15) is 31.8 Å². The van der Waals surface area contributed by atoms with E-state index in [0.29, 0.717) is 17.8 Å². The molecule has 0 spiro atoms. The standard InChI is InChI=1S/C41H30N10O16S4.2Cu.4Na/c52-31-12-8-25(68(56,57)58)18-29(31)48-50-35-33(70(62,63)64)16-20-14-23(6-10-27(20)37(35)54)43-40-45-39(42-22-4-2-1-3-5-22)46-41(47-40)44-24-7-11-28-21(15-24)17-34(71(65,66)67)36(38(28)55)51-49-30-19-26(69(59,60)61)9-13-32(30)53;;;;;;/h1-19,48-49,52-53H,(H,56,57,58)(H,59,60,61)(H,62,63,64)(H,65,66,67)(H3,42,43,44,45,46,47);;;;;;/q;;;4*+1/p-4. The summed E-state index contributed by atoms with van der Waals surface area (Å²) < 4.78 is 144. The van der Waals surface area contributed by atoms with Crippen LogP contribution in [0.25, 0.3) is 12.2 Å². The predicted molar refractivity (Wildman–Crippen MR) is 247 cm³/mol. The van der Waals surface area contributed by atoms with E-state index in [1.54, 1.807) is 30.3 Å². The molecule has 1 heterocycles. The molecular weight excluding hydrogens is 1240 g/mol. The van der Waals surface area contributed by atoms with Gasteiger partial charge in [0, 0.05) is 62.3 Å². The Morgan fingerprint density at radius 1 is 0.442 bits per heavy atom. The van der Waals surface area contributed by atoms with E-state index in [1.807, 2.05) is 0 Å². The van der Waals surface area contributed by atoms with Crippen molar-refractivity contribution in [1.29, 1.82) is 0 Å². The number of anilines is 8. The zero-order chi connectivity index (χ0) is 51.2. The molecule has 0 saturated heterocycles. The van der Waals surface area contributed by atoms with E-state index in [4.69, 9.17) is 0 Å². The molecule has 5 aromatic carbocycles. The molecule has 0 saturated carbocycles. The van der Waals surface area contributed by atoms with Crippen LogP contribution < -0.4 is 145 Å². The van der Waals surface area contributed by atoms with Crippen molar-refractivity contribution in [2.24, 2.45) is 10.2 Å². The predicted octanol–water partition coefficient (Wildman–Crippen LogP) is -8.57. The van der Waals surface area contributed by atoms with Crippen LogP contribution in [0.15, 0.2) is 133 Å². The van der Waals surface area contributed by atoms with Gasteiger partial charge < -0.3 is 44.4 Å². The Bertz CT molecular complexity index is 3680. The number of aromatic hydroxyl groups is 2. The largest absolute Gasteiger partial charge is 1.00 e. The number of carbonyl (C=O) groups excluding carboxylic acids is 2. The van der Waals surface area contributed by atoms with Crippen LogP contribution in [0, 0.1) is 0 Å². The van der Waals surface area contributed by atoms with Crippen LogP contribution in [0.3, 0.4) is 0 Å². The molecule has 77 heavy (non-hydrogen) atoms. The summed E-state index contributed by atoms with van der Waals surface area (Å²) in [7, 11) is -20.9. The third-order valence-electron chi connectivity index (χ3n) is 9.87. The zero-order valence-corrected chi connectivity index (χ0v) is 52.7. The van der Waals surface area contributed by atoms with Crippen molar-refractivity contribution < 1.29 is 224 Å². The molecule has 26 nitrogen and oxygen atoms in total. The van der Waals surface area contributed by atoms with Crippen molar-refractivity contribution in [2.45, 2.75) is 9.79 Å². The SMILES string of the molecule is O=C1C(=NNc2cc(S(=O)(=O)[O-])ccc2O)C(S(=O)(=O)[O-])=Cc2cc(Nc3nc(Nc4ccccc4)nc(Nc4ccc5c(c4)C=C(S(=O)(=O)[O-])C(=NNc4cc(S(=O)(=O)[O-])ccc4O)C5=O)n3)ccc21.[Cu].[Cu].[Na+].[Na+].[Na+].[Na+]. The molecule has 8 rings (SSSR count). The first-order valence-corrected chi connectivity index (χ1v) is 25.1. The average molecular weight is 1260 g/mol. The van der Waals surface area contributed by atoms with Gasteiger partial charge in [0.15, 0.2) is 0 Å². The number of allylic oxidation sites excluding steroid dienone is 2. The number of benzene rings is 5. The van der Waals surface area contributed by atoms with Crippen molar-refractivity contribution in [3.63, 3.8) is 0 Å². The van der Waals surface area contributed by atoms with Crippen molar-refractivity contribution in [2.75, 3.05) is 26.8 Å². The molecule has 2 aliphatic rings. The summed E-state index contributed by atoms with van der Waals surface area (Å²) in [6.07, 6.45) is 1.68. The molecule has 7 N–H and O–H groups in total. The number of phenolic OH excluding ortho intramolecular Hbond substituents is 2. The topological polar surface area (TPSA) is 427 Å². The average Bonchev–Trinajstić information content (AvgIpc) is 3.28. The zero-order valence-electron chi connectivity index (χ0n) is 39.6. The van der Waals surface area contributed by atoms with E-state index >= 15 is 0 Å². The van der Waals surface area contributed by atoms with E-state index in [9.17, 15) is 71.7 Å². The number of nitrogens with zero attached hydrogens (tertiary/aromatic N) is 5. The minimum absolute atomic E-state index is 0. The molecule has 1 aromatic heterocycles. The van der Waals surface area contributed by atoms with Gasteiger partial charge in [-0.25, -0.2) is 33.7 Å². The molecule has 386 valence electrons. The number of phenols is 2. The van der Waals surface area contributed by atoms with Gasteiger partial charge in [0.05, 0.1) is 31.0 Å². The first-order chi connectivity index (χ1) is 33.3. The van der Waals surface area contributed by atoms with E-state index in [2.05, 4.69) is 52.0 Å². The molecule has 0 amide bonds. The van der Waals surface area contributed by atoms with Gasteiger partial charge in [-0.05, 0) is 108 Å². The van der Waals surface area contributed by atoms with Gasteiger partial charge in [0.1, 0.15) is 63.4 Å². The second-order valence-electron chi connectivity index (χ2n) is 14.6. The summed E-state index contributed by atoms with van der Waals surface area (Å²) in [4.78, 5) is 36.5. The molecule has 2 radical (unpaired) electrons. The maximum Gasteiger partial charge on any atom is 1.00 e. The number of fused-ring (bicyclic) bond motifs is 2. The van der Waals surface area contributed by atoms with Crippen LogP contribution in [0.5, 0.6) is 11.5 Å². The van der Waals surface area contributed by atoms with Crippen molar-refractivity contribution in [1.82, 2.24) is 15.0 Å². The van der Waals surface area contributed by atoms with E-state index in [-0.39, 0.29) is 204 Å². The van der Waals surface area contributed by atoms with Crippen molar-refractivity contribution >= 4 is 122 Å². The van der Waals surface area contributed by atoms with Crippen LogP contribution >= 0.6 is 0 Å². The monoisotopic (exact) mass is 1260 g/mol. The summed E-state index contributed by atoms with van der Waals surface area (Å²) in [5, 5.41) is 36.4. The number of ketones is 2. The summed E-state index contributed by atoms with van der Waals surface area (Å²) in [5.41, 5.74) is 1.53. The Labute approximate surface area is 547 Å². The summed E-state index contributed by atoms with van der Waals surface area (Å²) >= 11 is 0. The fraction of sp³-hybridized carbons (Fsp3) is 0. The number of hydrazone groups is 2. The number of hydrogen-bond donors (Lipinski definition) is 7. The molecule has 0 unspecified atom stereocenters. The van der Waals surface area contributed by atoms with Crippen molar-refractivity contribution in [3.05, 3.63) is 135 Å². The Hall–Kier alpha value is -3.45. The molecule has 0 fully saturated rings. The van der Waals surface area contributed by atoms with Crippen LogP contribution in [0.4, 0.5) is 46.3 Å². The van der Waals surface area contributed by atoms with E-state index < -0.39 is 106 Å². The van der Waals surface area contributed by atoms with Gasteiger partial charge in [-0.15, -0.1) is 0 Å². The second-order valence-corrected chi connectivity index (χ2v) is 20.1. The number of para-hydroxylation sites is 1. The fourth-order valence-electron chi connectivity index (χ4n) is 6.63. The number of aromatic nitrogens is 3. The Morgan fingerprint density at radius 2 is 0.792 bits per heavy atom. The number of hydrogen-bond acceptors (Lipinski definition) is 26. The Balaban J connectivity index is 0.00000338. The molecule has 0 aliphatic heterocycles. The second kappa shape index (κ2) is 27.8. The van der Waals surface area contributed by atoms with Crippen LogP contribution in [-0.2, 0) is 74.6 Å². The van der Waals surface area contributed by atoms with Crippen LogP contribution in [-0.4, -0.2) is 100 Å². The molecule has 2 aliphatic carbocycles. The van der Waals surface area contributed by atoms with E-state index in [1.165, 1.54) is 36.4 Å². The van der Waals surface area contributed by atoms with Gasteiger partial charge in [-0.2, -0.15) is 25.2 Å². The third-order valence-corrected chi connectivity index (χ3v) is 13.2. The number of Topliss-reactive ketones (excluding diaryl/α,β-unsaturated/α-hetero) is 2. The van der Waals surface area contributed by atoms with E-state index in [0.717, 1.165) is 36.4 Å². The van der Waals surface area contributed by atoms with Crippen LogP contribution in [0.2, 0.25) is 0 Å². The summed E-state index contributed by atoms with van der Waals surface area (Å²) in [5.74, 6) is -3.94. The third kappa shape index (κ3) is 16.8. The molecule has 0 bridgehead atoms. The Kier molecular flexibility index (Phi) is 25.2. The smallest absolute Gasteiger partial charge is 0.744 e. The maximum absolute atomic E-state index is 13.6. The molecule has 6 aromatic rings. The number of rotatable bonds is 14. The normalized spacial score (nSPS) is 13.9. The maximum atomic E-state index is 13.6. The van der Waals surface area contributed by atoms with Gasteiger partial charge in [-0.3, -0.25) is 20.4 Å².